The fourth-order valence-corrected chi connectivity index (χ4v) is 2.76. The van der Waals surface area contributed by atoms with E-state index < -0.39 is 0 Å². The van der Waals surface area contributed by atoms with Gasteiger partial charge in [0.2, 0.25) is 0 Å². The van der Waals surface area contributed by atoms with E-state index in [1.807, 2.05) is 29.9 Å². The molecule has 0 aliphatic carbocycles. The first-order chi connectivity index (χ1) is 8.72. The Morgan fingerprint density at radius 3 is 2.94 bits per heavy atom. The molecule has 2 aromatic rings. The molecular formula is C13H18N4S. The second-order valence-corrected chi connectivity index (χ2v) is 5.25. The first kappa shape index (κ1) is 12.8. The number of hydrazone groups is 1. The van der Waals surface area contributed by atoms with Crippen molar-refractivity contribution in [2.24, 2.45) is 5.10 Å². The van der Waals surface area contributed by atoms with Crippen LogP contribution in [-0.4, -0.2) is 34.5 Å². The van der Waals surface area contributed by atoms with Crippen LogP contribution in [0.5, 0.6) is 0 Å². The predicted molar refractivity (Wildman–Crippen MR) is 76.2 cm³/mol. The number of nitrogens with zero attached hydrogens (tertiary/aromatic N) is 4. The largest absolute Gasteiger partial charge is 0.301 e. The maximum absolute atomic E-state index is 4.58. The smallest absolute Gasteiger partial charge is 0.166 e. The third-order valence-corrected chi connectivity index (χ3v) is 3.49. The Balaban J connectivity index is 2.44. The van der Waals surface area contributed by atoms with Gasteiger partial charge in [-0.1, -0.05) is 13.3 Å². The fourth-order valence-electron chi connectivity index (χ4n) is 1.78. The van der Waals surface area contributed by atoms with Crippen LogP contribution >= 0.6 is 11.3 Å². The lowest BCUT2D eigenvalue weighted by molar-refractivity contribution is 0.435. The van der Waals surface area contributed by atoms with E-state index in [-0.39, 0.29) is 0 Å². The Hall–Kier alpha value is -1.62. The minimum atomic E-state index is 0.933. The molecule has 2 rings (SSSR count). The lowest BCUT2D eigenvalue weighted by Crippen LogP contribution is -2.17. The Kier molecular flexibility index (Phi) is 4.15. The third-order valence-electron chi connectivity index (χ3n) is 2.51. The molecule has 18 heavy (non-hydrogen) atoms. The van der Waals surface area contributed by atoms with Gasteiger partial charge < -0.3 is 5.01 Å². The highest BCUT2D eigenvalue weighted by Crippen LogP contribution is 2.20. The van der Waals surface area contributed by atoms with Crippen molar-refractivity contribution in [3.8, 4) is 0 Å². The van der Waals surface area contributed by atoms with E-state index in [1.165, 1.54) is 10.4 Å². The van der Waals surface area contributed by atoms with Crippen molar-refractivity contribution in [1.82, 2.24) is 14.6 Å². The average Bonchev–Trinajstić information content (AvgIpc) is 2.97. The molecule has 2 heterocycles. The number of aryl methyl sites for hydroxylation is 1. The van der Waals surface area contributed by atoms with Crippen molar-refractivity contribution >= 4 is 17.2 Å². The Labute approximate surface area is 112 Å². The highest BCUT2D eigenvalue weighted by Gasteiger charge is 2.12. The van der Waals surface area contributed by atoms with Gasteiger partial charge in [0.25, 0.3) is 0 Å². The molecule has 5 heteroatoms. The van der Waals surface area contributed by atoms with E-state index in [9.17, 15) is 0 Å². The molecule has 0 amide bonds. The Bertz CT molecular complexity index is 511. The quantitative estimate of drug-likeness (QED) is 0.482. The van der Waals surface area contributed by atoms with E-state index in [1.54, 1.807) is 23.9 Å². The molecule has 0 unspecified atom stereocenters. The van der Waals surface area contributed by atoms with Gasteiger partial charge in [0, 0.05) is 36.9 Å². The predicted octanol–water partition coefficient (Wildman–Crippen LogP) is 2.67. The number of imidazole rings is 1. The summed E-state index contributed by atoms with van der Waals surface area (Å²) in [6.07, 6.45) is 7.73. The van der Waals surface area contributed by atoms with Gasteiger partial charge in [-0.15, -0.1) is 11.3 Å². The minimum absolute atomic E-state index is 0.933. The third kappa shape index (κ3) is 2.79. The summed E-state index contributed by atoms with van der Waals surface area (Å²) in [6.45, 7) is 2.20. The molecule has 96 valence electrons. The summed E-state index contributed by atoms with van der Waals surface area (Å²) in [4.78, 5) is 5.48. The number of aromatic nitrogens is 2. The number of rotatable bonds is 4. The topological polar surface area (TPSA) is 33.4 Å². The van der Waals surface area contributed by atoms with Gasteiger partial charge in [0.05, 0.1) is 0 Å². The molecule has 0 fully saturated rings. The van der Waals surface area contributed by atoms with E-state index >= 15 is 0 Å². The van der Waals surface area contributed by atoms with E-state index in [0.29, 0.717) is 0 Å². The Morgan fingerprint density at radius 1 is 1.50 bits per heavy atom. The highest BCUT2D eigenvalue weighted by molar-refractivity contribution is 7.10. The average molecular weight is 262 g/mol. The lowest BCUT2D eigenvalue weighted by atomic mass is 10.1. The van der Waals surface area contributed by atoms with Gasteiger partial charge in [-0.25, -0.2) is 4.98 Å². The van der Waals surface area contributed by atoms with Crippen LogP contribution in [0.15, 0.2) is 35.3 Å². The van der Waals surface area contributed by atoms with E-state index in [2.05, 4.69) is 28.5 Å². The van der Waals surface area contributed by atoms with E-state index in [4.69, 9.17) is 0 Å². The molecule has 0 N–H and O–H groups in total. The zero-order valence-electron chi connectivity index (χ0n) is 11.0. The van der Waals surface area contributed by atoms with Crippen LogP contribution in [0, 0.1) is 0 Å². The van der Waals surface area contributed by atoms with Gasteiger partial charge in [-0.3, -0.25) is 4.57 Å². The summed E-state index contributed by atoms with van der Waals surface area (Å²) in [5, 5.41) is 8.53. The number of hydrogen-bond donors (Lipinski definition) is 0. The molecule has 0 aromatic carbocycles. The summed E-state index contributed by atoms with van der Waals surface area (Å²) in [5.41, 5.74) is 1.20. The molecule has 0 saturated carbocycles. The molecular weight excluding hydrogens is 244 g/mol. The molecule has 0 radical (unpaired) electrons. The van der Waals surface area contributed by atoms with Crippen LogP contribution in [0.1, 0.15) is 23.8 Å². The molecule has 0 atom stereocenters. The normalized spacial score (nSPS) is 11.8. The first-order valence-electron chi connectivity index (χ1n) is 6.03. The van der Waals surface area contributed by atoms with Gasteiger partial charge in [0.15, 0.2) is 5.84 Å². The second-order valence-electron chi connectivity index (χ2n) is 4.25. The highest BCUT2D eigenvalue weighted by atomic mass is 32.1. The molecule has 0 spiro atoms. The minimum Gasteiger partial charge on any atom is -0.301 e. The molecule has 0 aliphatic heterocycles. The second kappa shape index (κ2) is 5.82. The van der Waals surface area contributed by atoms with Gasteiger partial charge in [-0.05, 0) is 17.9 Å². The van der Waals surface area contributed by atoms with Crippen LogP contribution in [-0.2, 0) is 6.42 Å². The van der Waals surface area contributed by atoms with E-state index in [0.717, 1.165) is 18.7 Å². The molecule has 4 nitrogen and oxygen atoms in total. The standard InChI is InChI=1S/C13H18N4S/c1-4-5-12-11(6-9-18-12)13(15-16(2)3)17-8-7-14-10-17/h6-10H,4-5H2,1-3H3. The van der Waals surface area contributed by atoms with Crippen molar-refractivity contribution in [1.29, 1.82) is 0 Å². The maximum atomic E-state index is 4.58. The van der Waals surface area contributed by atoms with Crippen molar-refractivity contribution in [3.63, 3.8) is 0 Å². The number of thiophene rings is 1. The fraction of sp³-hybridized carbons (Fsp3) is 0.385. The number of hydrogen-bond acceptors (Lipinski definition) is 4. The first-order valence-corrected chi connectivity index (χ1v) is 6.91. The zero-order valence-corrected chi connectivity index (χ0v) is 11.8. The summed E-state index contributed by atoms with van der Waals surface area (Å²) < 4.78 is 1.96. The van der Waals surface area contributed by atoms with Crippen LogP contribution in [0.2, 0.25) is 0 Å². The summed E-state index contributed by atoms with van der Waals surface area (Å²) in [6, 6.07) is 2.14. The van der Waals surface area contributed by atoms with Crippen LogP contribution < -0.4 is 0 Å². The summed E-state index contributed by atoms with van der Waals surface area (Å²) in [5.74, 6) is 0.933. The molecule has 2 aromatic heterocycles. The van der Waals surface area contributed by atoms with Gasteiger partial charge in [-0.2, -0.15) is 5.10 Å². The summed E-state index contributed by atoms with van der Waals surface area (Å²) in [7, 11) is 3.87. The van der Waals surface area contributed by atoms with Crippen LogP contribution in [0.3, 0.4) is 0 Å². The molecule has 0 saturated heterocycles. The molecule has 0 aliphatic rings. The molecule has 0 bridgehead atoms. The monoisotopic (exact) mass is 262 g/mol. The lowest BCUT2D eigenvalue weighted by Gasteiger charge is -2.12. The maximum Gasteiger partial charge on any atom is 0.166 e. The summed E-state index contributed by atoms with van der Waals surface area (Å²) >= 11 is 1.79. The SMILES string of the molecule is CCCc1sccc1C(=NN(C)C)n1ccnc1. The van der Waals surface area contributed by atoms with Gasteiger partial charge >= 0.3 is 0 Å². The van der Waals surface area contributed by atoms with Crippen molar-refractivity contribution < 1.29 is 0 Å². The van der Waals surface area contributed by atoms with Crippen LogP contribution in [0.25, 0.3) is 0 Å². The van der Waals surface area contributed by atoms with Gasteiger partial charge in [0.1, 0.15) is 6.33 Å². The Morgan fingerprint density at radius 2 is 2.33 bits per heavy atom. The van der Waals surface area contributed by atoms with Crippen LogP contribution in [0.4, 0.5) is 0 Å². The van der Waals surface area contributed by atoms with Crippen molar-refractivity contribution in [2.45, 2.75) is 19.8 Å². The van der Waals surface area contributed by atoms with Crippen molar-refractivity contribution in [3.05, 3.63) is 40.6 Å². The zero-order chi connectivity index (χ0) is 13.0. The van der Waals surface area contributed by atoms with Crippen molar-refractivity contribution in [2.75, 3.05) is 14.1 Å².